The van der Waals surface area contributed by atoms with Crippen LogP contribution in [-0.4, -0.2) is 15.9 Å². The Kier molecular flexibility index (Phi) is 7.79. The molecule has 1 aromatic heterocycles. The van der Waals surface area contributed by atoms with Crippen molar-refractivity contribution in [3.63, 3.8) is 0 Å². The van der Waals surface area contributed by atoms with Gasteiger partial charge in [0.1, 0.15) is 12.1 Å². The standard InChI is InChI=1S/C32H31N5OS/c1-20(2)23-9-15-27-28(17-23)34-19-35-31(27)37-29-18-24(32(38)36-21(3)22-7-5-4-6-8-22)10-16-30(29)39-26-13-11-25(33)12-14-26/h4-21H,33H2,1-3H3,(H,36,38)(H,34,35,37). The van der Waals surface area contributed by atoms with Crippen LogP contribution in [-0.2, 0) is 0 Å². The van der Waals surface area contributed by atoms with E-state index in [0.717, 1.165) is 31.9 Å². The molecular formula is C32H31N5OS. The van der Waals surface area contributed by atoms with Crippen molar-refractivity contribution < 1.29 is 4.79 Å². The third-order valence-electron chi connectivity index (χ3n) is 6.58. The molecule has 0 spiro atoms. The predicted molar refractivity (Wildman–Crippen MR) is 161 cm³/mol. The molecule has 0 aliphatic carbocycles. The number of nitrogens with two attached hydrogens (primary N) is 1. The zero-order chi connectivity index (χ0) is 27.4. The SMILES string of the molecule is CC(C)c1ccc2c(Nc3cc(C(=O)NC(C)c4ccccc4)ccc3Sc3ccc(N)cc3)ncnc2c1. The van der Waals surface area contributed by atoms with Crippen molar-refractivity contribution >= 4 is 45.8 Å². The first kappa shape index (κ1) is 26.3. The van der Waals surface area contributed by atoms with Gasteiger partial charge in [0.25, 0.3) is 5.91 Å². The minimum atomic E-state index is -0.146. The Balaban J connectivity index is 1.49. The lowest BCUT2D eigenvalue weighted by Gasteiger charge is -2.17. The Labute approximate surface area is 233 Å². The molecule has 1 atom stereocenters. The summed E-state index contributed by atoms with van der Waals surface area (Å²) in [6, 6.07) is 29.5. The maximum absolute atomic E-state index is 13.3. The fraction of sp³-hybridized carbons (Fsp3) is 0.156. The van der Waals surface area contributed by atoms with Gasteiger partial charge in [0.05, 0.1) is 17.2 Å². The van der Waals surface area contributed by atoms with Gasteiger partial charge in [-0.05, 0) is 78.6 Å². The Morgan fingerprint density at radius 1 is 0.846 bits per heavy atom. The van der Waals surface area contributed by atoms with Crippen LogP contribution in [0.25, 0.3) is 10.9 Å². The largest absolute Gasteiger partial charge is 0.399 e. The van der Waals surface area contributed by atoms with Gasteiger partial charge >= 0.3 is 0 Å². The molecule has 6 nitrogen and oxygen atoms in total. The number of anilines is 3. The number of benzene rings is 4. The number of aromatic nitrogens is 2. The fourth-order valence-corrected chi connectivity index (χ4v) is 5.17. The number of nitrogens with one attached hydrogen (secondary N) is 2. The summed E-state index contributed by atoms with van der Waals surface area (Å²) in [6.45, 7) is 6.31. The molecule has 0 aliphatic heterocycles. The van der Waals surface area contributed by atoms with E-state index in [2.05, 4.69) is 52.6 Å². The Bertz CT molecular complexity index is 1600. The molecule has 39 heavy (non-hydrogen) atoms. The molecule has 0 saturated carbocycles. The second-order valence-electron chi connectivity index (χ2n) is 9.77. The van der Waals surface area contributed by atoms with Gasteiger partial charge in [-0.1, -0.05) is 62.0 Å². The molecule has 0 saturated heterocycles. The lowest BCUT2D eigenvalue weighted by molar-refractivity contribution is 0.0940. The minimum Gasteiger partial charge on any atom is -0.399 e. The van der Waals surface area contributed by atoms with Crippen molar-refractivity contribution in [1.82, 2.24) is 15.3 Å². The summed E-state index contributed by atoms with van der Waals surface area (Å²) in [5.74, 6) is 0.939. The predicted octanol–water partition coefficient (Wildman–Crippen LogP) is 7.72. The van der Waals surface area contributed by atoms with Crippen LogP contribution in [0.4, 0.5) is 17.2 Å². The monoisotopic (exact) mass is 533 g/mol. The lowest BCUT2D eigenvalue weighted by Crippen LogP contribution is -2.26. The zero-order valence-electron chi connectivity index (χ0n) is 22.2. The highest BCUT2D eigenvalue weighted by Crippen LogP contribution is 2.37. The summed E-state index contributed by atoms with van der Waals surface area (Å²) in [4.78, 5) is 24.3. The summed E-state index contributed by atoms with van der Waals surface area (Å²) >= 11 is 1.59. The van der Waals surface area contributed by atoms with Crippen LogP contribution in [0.15, 0.2) is 107 Å². The first-order valence-corrected chi connectivity index (χ1v) is 13.7. The molecule has 1 heterocycles. The Morgan fingerprint density at radius 3 is 2.36 bits per heavy atom. The molecule has 5 rings (SSSR count). The van der Waals surface area contributed by atoms with Crippen molar-refractivity contribution in [3.05, 3.63) is 114 Å². The molecule has 7 heteroatoms. The number of carbonyl (C=O) groups is 1. The van der Waals surface area contributed by atoms with Crippen molar-refractivity contribution in [2.75, 3.05) is 11.1 Å². The highest BCUT2D eigenvalue weighted by atomic mass is 32.2. The average molecular weight is 534 g/mol. The normalized spacial score (nSPS) is 11.9. The number of nitrogen functional groups attached to an aromatic ring is 1. The van der Waals surface area contributed by atoms with Gasteiger partial charge in [-0.25, -0.2) is 9.97 Å². The van der Waals surface area contributed by atoms with Crippen LogP contribution in [0, 0.1) is 0 Å². The van der Waals surface area contributed by atoms with E-state index >= 15 is 0 Å². The molecule has 1 unspecified atom stereocenters. The van der Waals surface area contributed by atoms with E-state index < -0.39 is 0 Å². The zero-order valence-corrected chi connectivity index (χ0v) is 23.0. The summed E-state index contributed by atoms with van der Waals surface area (Å²) in [6.07, 6.45) is 1.57. The second kappa shape index (κ2) is 11.6. The van der Waals surface area contributed by atoms with Gasteiger partial charge in [-0.15, -0.1) is 0 Å². The van der Waals surface area contributed by atoms with Crippen LogP contribution in [0.1, 0.15) is 54.2 Å². The van der Waals surface area contributed by atoms with Gasteiger partial charge in [0.2, 0.25) is 0 Å². The number of amides is 1. The molecular weight excluding hydrogens is 502 g/mol. The summed E-state index contributed by atoms with van der Waals surface area (Å²) in [5.41, 5.74) is 11.1. The highest BCUT2D eigenvalue weighted by Gasteiger charge is 2.16. The van der Waals surface area contributed by atoms with Crippen molar-refractivity contribution in [1.29, 1.82) is 0 Å². The molecule has 1 amide bonds. The Morgan fingerprint density at radius 2 is 1.62 bits per heavy atom. The summed E-state index contributed by atoms with van der Waals surface area (Å²) in [7, 11) is 0. The van der Waals surface area contributed by atoms with E-state index in [4.69, 9.17) is 5.73 Å². The molecule has 0 radical (unpaired) electrons. The van der Waals surface area contributed by atoms with Crippen LogP contribution in [0.5, 0.6) is 0 Å². The maximum atomic E-state index is 13.3. The molecule has 5 aromatic rings. The molecule has 4 N–H and O–H groups in total. The van der Waals surface area contributed by atoms with Gasteiger partial charge in [0, 0.05) is 26.4 Å². The van der Waals surface area contributed by atoms with Gasteiger partial charge < -0.3 is 16.4 Å². The van der Waals surface area contributed by atoms with E-state index in [1.54, 1.807) is 18.1 Å². The van der Waals surface area contributed by atoms with Crippen LogP contribution in [0.3, 0.4) is 0 Å². The first-order valence-electron chi connectivity index (χ1n) is 12.9. The summed E-state index contributed by atoms with van der Waals surface area (Å²) < 4.78 is 0. The van der Waals surface area contributed by atoms with Gasteiger partial charge in [-0.3, -0.25) is 4.79 Å². The van der Waals surface area contributed by atoms with Crippen LogP contribution >= 0.6 is 11.8 Å². The number of carbonyl (C=O) groups excluding carboxylic acids is 1. The second-order valence-corrected chi connectivity index (χ2v) is 10.9. The number of rotatable bonds is 8. The average Bonchev–Trinajstić information content (AvgIpc) is 2.95. The van der Waals surface area contributed by atoms with E-state index in [1.807, 2.05) is 79.7 Å². The van der Waals surface area contributed by atoms with Gasteiger partial charge in [-0.2, -0.15) is 0 Å². The topological polar surface area (TPSA) is 92.9 Å². The molecule has 0 aliphatic rings. The van der Waals surface area contributed by atoms with E-state index in [9.17, 15) is 4.79 Å². The first-order chi connectivity index (χ1) is 18.9. The third kappa shape index (κ3) is 6.21. The van der Waals surface area contributed by atoms with Crippen molar-refractivity contribution in [3.8, 4) is 0 Å². The maximum Gasteiger partial charge on any atom is 0.251 e. The number of hydrogen-bond acceptors (Lipinski definition) is 6. The number of nitrogens with zero attached hydrogens (tertiary/aromatic N) is 2. The summed E-state index contributed by atoms with van der Waals surface area (Å²) in [5, 5.41) is 7.53. The number of hydrogen-bond donors (Lipinski definition) is 3. The Hall–Kier alpha value is -4.36. The van der Waals surface area contributed by atoms with Crippen LogP contribution < -0.4 is 16.4 Å². The molecule has 0 bridgehead atoms. The lowest BCUT2D eigenvalue weighted by atomic mass is 10.0. The molecule has 4 aromatic carbocycles. The number of fused-ring (bicyclic) bond motifs is 1. The fourth-order valence-electron chi connectivity index (χ4n) is 4.29. The van der Waals surface area contributed by atoms with E-state index in [-0.39, 0.29) is 11.9 Å². The van der Waals surface area contributed by atoms with E-state index in [0.29, 0.717) is 23.0 Å². The van der Waals surface area contributed by atoms with Crippen LogP contribution in [0.2, 0.25) is 0 Å². The third-order valence-corrected chi connectivity index (χ3v) is 7.66. The van der Waals surface area contributed by atoms with Gasteiger partial charge in [0.15, 0.2) is 0 Å². The molecule has 196 valence electrons. The van der Waals surface area contributed by atoms with Crippen molar-refractivity contribution in [2.24, 2.45) is 0 Å². The quantitative estimate of drug-likeness (QED) is 0.177. The van der Waals surface area contributed by atoms with E-state index in [1.165, 1.54) is 5.56 Å². The molecule has 0 fully saturated rings. The smallest absolute Gasteiger partial charge is 0.251 e. The highest BCUT2D eigenvalue weighted by molar-refractivity contribution is 7.99. The minimum absolute atomic E-state index is 0.125. The van der Waals surface area contributed by atoms with Crippen molar-refractivity contribution in [2.45, 2.75) is 42.5 Å².